The van der Waals surface area contributed by atoms with Crippen LogP contribution in [0.5, 0.6) is 0 Å². The fourth-order valence-electron chi connectivity index (χ4n) is 4.17. The largest absolute Gasteiger partial charge is 0.378 e. The number of piperidine rings is 1. The van der Waals surface area contributed by atoms with Crippen LogP contribution in [0.2, 0.25) is 0 Å². The lowest BCUT2D eigenvalue weighted by atomic mass is 9.78. The number of nitrogens with zero attached hydrogens (tertiary/aromatic N) is 3. The predicted octanol–water partition coefficient (Wildman–Crippen LogP) is 1.13. The van der Waals surface area contributed by atoms with Crippen molar-refractivity contribution in [1.29, 1.82) is 0 Å². The molecule has 1 amide bonds. The van der Waals surface area contributed by atoms with Crippen LogP contribution >= 0.6 is 0 Å². The zero-order valence-electron chi connectivity index (χ0n) is 14.2. The molecule has 6 heteroatoms. The molecule has 1 aromatic rings. The lowest BCUT2D eigenvalue weighted by Gasteiger charge is -2.39. The summed E-state index contributed by atoms with van der Waals surface area (Å²) in [4.78, 5) is 21.8. The lowest BCUT2D eigenvalue weighted by molar-refractivity contribution is 0.0607. The van der Waals surface area contributed by atoms with Gasteiger partial charge in [0.1, 0.15) is 5.82 Å². The molecule has 0 aliphatic carbocycles. The molecule has 0 saturated carbocycles. The monoisotopic (exact) mass is 330 g/mol. The van der Waals surface area contributed by atoms with Gasteiger partial charge < -0.3 is 19.9 Å². The minimum Gasteiger partial charge on any atom is -0.378 e. The van der Waals surface area contributed by atoms with Crippen LogP contribution in [0.1, 0.15) is 29.6 Å². The van der Waals surface area contributed by atoms with Crippen molar-refractivity contribution in [2.24, 2.45) is 5.41 Å². The van der Waals surface area contributed by atoms with Gasteiger partial charge in [-0.2, -0.15) is 0 Å². The molecule has 3 aliphatic heterocycles. The van der Waals surface area contributed by atoms with Crippen LogP contribution in [0.25, 0.3) is 0 Å². The van der Waals surface area contributed by atoms with E-state index in [4.69, 9.17) is 4.74 Å². The average Bonchev–Trinajstić information content (AvgIpc) is 3.10. The Kier molecular flexibility index (Phi) is 4.41. The number of carbonyl (C=O) groups excluding carboxylic acids is 1. The predicted molar refractivity (Wildman–Crippen MR) is 92.3 cm³/mol. The zero-order chi connectivity index (χ0) is 16.4. The summed E-state index contributed by atoms with van der Waals surface area (Å²) < 4.78 is 5.42. The molecule has 1 N–H and O–H groups in total. The number of nitrogens with one attached hydrogen (secondary N) is 1. The van der Waals surface area contributed by atoms with Gasteiger partial charge in [-0.25, -0.2) is 4.98 Å². The van der Waals surface area contributed by atoms with Crippen molar-refractivity contribution < 1.29 is 9.53 Å². The van der Waals surface area contributed by atoms with Crippen molar-refractivity contribution in [1.82, 2.24) is 15.2 Å². The van der Waals surface area contributed by atoms with Crippen LogP contribution in [0.3, 0.4) is 0 Å². The minimum atomic E-state index is 0.130. The molecule has 3 aliphatic rings. The highest BCUT2D eigenvalue weighted by Gasteiger charge is 2.38. The minimum absolute atomic E-state index is 0.130. The van der Waals surface area contributed by atoms with Crippen LogP contribution in [0.4, 0.5) is 5.82 Å². The number of hydrogen-bond donors (Lipinski definition) is 1. The van der Waals surface area contributed by atoms with E-state index >= 15 is 0 Å². The van der Waals surface area contributed by atoms with E-state index in [1.165, 1.54) is 6.42 Å². The van der Waals surface area contributed by atoms with E-state index in [0.29, 0.717) is 18.6 Å². The summed E-state index contributed by atoms with van der Waals surface area (Å²) in [5.41, 5.74) is 1.17. The number of anilines is 1. The van der Waals surface area contributed by atoms with Gasteiger partial charge in [0, 0.05) is 38.9 Å². The van der Waals surface area contributed by atoms with Crippen molar-refractivity contribution in [3.63, 3.8) is 0 Å². The first-order valence-corrected chi connectivity index (χ1v) is 9.05. The summed E-state index contributed by atoms with van der Waals surface area (Å²) in [6.07, 6.45) is 5.25. The van der Waals surface area contributed by atoms with Crippen LogP contribution < -0.4 is 10.2 Å². The fourth-order valence-corrected chi connectivity index (χ4v) is 4.17. The maximum atomic E-state index is 13.1. The molecule has 1 aromatic heterocycles. The summed E-state index contributed by atoms with van der Waals surface area (Å²) in [6.45, 7) is 6.94. The number of carbonyl (C=O) groups is 1. The average molecular weight is 330 g/mol. The highest BCUT2D eigenvalue weighted by molar-refractivity contribution is 5.99. The van der Waals surface area contributed by atoms with Gasteiger partial charge in [-0.1, -0.05) is 0 Å². The van der Waals surface area contributed by atoms with Crippen LogP contribution in [-0.2, 0) is 4.74 Å². The smallest absolute Gasteiger partial charge is 0.257 e. The normalized spacial score (nSPS) is 23.7. The Balaban J connectivity index is 1.48. The Morgan fingerprint density at radius 3 is 2.67 bits per heavy atom. The van der Waals surface area contributed by atoms with Crippen molar-refractivity contribution in [3.8, 4) is 0 Å². The Hall–Kier alpha value is -1.66. The maximum Gasteiger partial charge on any atom is 0.257 e. The number of morpholine rings is 1. The van der Waals surface area contributed by atoms with Crippen molar-refractivity contribution >= 4 is 11.7 Å². The first-order valence-electron chi connectivity index (χ1n) is 9.05. The van der Waals surface area contributed by atoms with E-state index in [2.05, 4.69) is 15.2 Å². The standard InChI is InChI=1S/C18H26N4O2/c23-17(22-8-4-18(5-9-22)3-7-19-14-18)15-2-1-6-20-16(15)21-10-12-24-13-11-21/h1-2,6,19H,3-5,7-14H2. The quantitative estimate of drug-likeness (QED) is 0.881. The summed E-state index contributed by atoms with van der Waals surface area (Å²) in [6, 6.07) is 3.78. The highest BCUT2D eigenvalue weighted by atomic mass is 16.5. The first-order chi connectivity index (χ1) is 11.8. The molecule has 0 aromatic carbocycles. The molecule has 4 heterocycles. The van der Waals surface area contributed by atoms with E-state index in [9.17, 15) is 4.79 Å². The molecule has 0 unspecified atom stereocenters. The third kappa shape index (κ3) is 3.00. The third-order valence-corrected chi connectivity index (χ3v) is 5.77. The number of pyridine rings is 1. The summed E-state index contributed by atoms with van der Waals surface area (Å²) in [5, 5.41) is 3.48. The van der Waals surface area contributed by atoms with Gasteiger partial charge in [0.2, 0.25) is 0 Å². The van der Waals surface area contributed by atoms with Crippen LogP contribution in [0.15, 0.2) is 18.3 Å². The second-order valence-corrected chi connectivity index (χ2v) is 7.19. The van der Waals surface area contributed by atoms with Gasteiger partial charge in [0.15, 0.2) is 0 Å². The van der Waals surface area contributed by atoms with Gasteiger partial charge >= 0.3 is 0 Å². The number of rotatable bonds is 2. The van der Waals surface area contributed by atoms with E-state index in [-0.39, 0.29) is 5.91 Å². The number of amides is 1. The van der Waals surface area contributed by atoms with Crippen molar-refractivity contribution in [2.75, 3.05) is 57.4 Å². The molecular formula is C18H26N4O2. The lowest BCUT2D eigenvalue weighted by Crippen LogP contribution is -2.45. The summed E-state index contributed by atoms with van der Waals surface area (Å²) in [7, 11) is 0. The number of likely N-dealkylation sites (tertiary alicyclic amines) is 1. The zero-order valence-corrected chi connectivity index (χ0v) is 14.2. The third-order valence-electron chi connectivity index (χ3n) is 5.77. The molecule has 4 rings (SSSR count). The SMILES string of the molecule is O=C(c1cccnc1N1CCOCC1)N1CCC2(CCNC2)CC1. The number of aromatic nitrogens is 1. The van der Waals surface area contributed by atoms with E-state index in [0.717, 1.165) is 63.5 Å². The summed E-state index contributed by atoms with van der Waals surface area (Å²) >= 11 is 0. The fraction of sp³-hybridized carbons (Fsp3) is 0.667. The Labute approximate surface area is 143 Å². The van der Waals surface area contributed by atoms with Gasteiger partial charge in [-0.05, 0) is 43.4 Å². The second-order valence-electron chi connectivity index (χ2n) is 7.19. The van der Waals surface area contributed by atoms with Gasteiger partial charge in [-0.15, -0.1) is 0 Å². The van der Waals surface area contributed by atoms with Gasteiger partial charge in [0.05, 0.1) is 18.8 Å². The van der Waals surface area contributed by atoms with E-state index < -0.39 is 0 Å². The number of ether oxygens (including phenoxy) is 1. The molecular weight excluding hydrogens is 304 g/mol. The summed E-state index contributed by atoms with van der Waals surface area (Å²) in [5.74, 6) is 0.944. The molecule has 3 fully saturated rings. The molecule has 1 spiro atoms. The Morgan fingerprint density at radius 2 is 1.96 bits per heavy atom. The Bertz CT molecular complexity index is 584. The van der Waals surface area contributed by atoms with Gasteiger partial charge in [-0.3, -0.25) is 4.79 Å². The van der Waals surface area contributed by atoms with Crippen molar-refractivity contribution in [3.05, 3.63) is 23.9 Å². The molecule has 0 radical (unpaired) electrons. The van der Waals surface area contributed by atoms with Crippen LogP contribution in [-0.4, -0.2) is 68.3 Å². The molecule has 130 valence electrons. The van der Waals surface area contributed by atoms with Gasteiger partial charge in [0.25, 0.3) is 5.91 Å². The highest BCUT2D eigenvalue weighted by Crippen LogP contribution is 2.37. The van der Waals surface area contributed by atoms with Crippen LogP contribution in [0, 0.1) is 5.41 Å². The Morgan fingerprint density at radius 1 is 1.17 bits per heavy atom. The van der Waals surface area contributed by atoms with Crippen molar-refractivity contribution in [2.45, 2.75) is 19.3 Å². The van der Waals surface area contributed by atoms with E-state index in [1.54, 1.807) is 6.20 Å². The molecule has 24 heavy (non-hydrogen) atoms. The van der Waals surface area contributed by atoms with E-state index in [1.807, 2.05) is 17.0 Å². The molecule has 0 bridgehead atoms. The molecule has 0 atom stereocenters. The number of hydrogen-bond acceptors (Lipinski definition) is 5. The topological polar surface area (TPSA) is 57.7 Å². The molecule has 3 saturated heterocycles. The molecule has 6 nitrogen and oxygen atoms in total. The second kappa shape index (κ2) is 6.69. The maximum absolute atomic E-state index is 13.1. The first kappa shape index (κ1) is 15.8.